The third-order valence-corrected chi connectivity index (χ3v) is 7.70. The summed E-state index contributed by atoms with van der Waals surface area (Å²) in [6.45, 7) is 4.18. The molecule has 3 aromatic carbocycles. The quantitative estimate of drug-likeness (QED) is 0.298. The molecule has 1 saturated carbocycles. The topological polar surface area (TPSA) is 58.6 Å². The number of amides is 2. The van der Waals surface area contributed by atoms with Crippen LogP contribution in [0.2, 0.25) is 0 Å². The summed E-state index contributed by atoms with van der Waals surface area (Å²) in [7, 11) is 0. The number of nitrogens with one attached hydrogen (secondary N) is 1. The van der Waals surface area contributed by atoms with E-state index in [1.165, 1.54) is 6.42 Å². The van der Waals surface area contributed by atoms with Crippen molar-refractivity contribution >= 4 is 27.7 Å². The first-order valence-corrected chi connectivity index (χ1v) is 14.3. The van der Waals surface area contributed by atoms with Crippen LogP contribution in [0.4, 0.5) is 0 Å². The van der Waals surface area contributed by atoms with E-state index in [2.05, 4.69) is 21.2 Å². The summed E-state index contributed by atoms with van der Waals surface area (Å²) >= 11 is 3.49. The van der Waals surface area contributed by atoms with Crippen LogP contribution < -0.4 is 10.1 Å². The summed E-state index contributed by atoms with van der Waals surface area (Å²) < 4.78 is 6.96. The van der Waals surface area contributed by atoms with Gasteiger partial charge in [0, 0.05) is 23.5 Å². The van der Waals surface area contributed by atoms with Gasteiger partial charge in [-0.2, -0.15) is 0 Å². The molecule has 0 unspecified atom stereocenters. The van der Waals surface area contributed by atoms with Crippen LogP contribution in [-0.2, 0) is 22.6 Å². The van der Waals surface area contributed by atoms with Gasteiger partial charge in [0.1, 0.15) is 11.8 Å². The largest absolute Gasteiger partial charge is 0.483 e. The van der Waals surface area contributed by atoms with Gasteiger partial charge in [0.15, 0.2) is 6.61 Å². The SMILES string of the molecule is Cc1ccc(OCC(=O)N(Cc2ccc(Br)cc2)[C@H](Cc2ccccc2)C(=O)NC2CCCCC2)c(C)c1. The Labute approximate surface area is 234 Å². The van der Waals surface area contributed by atoms with Gasteiger partial charge in [0.2, 0.25) is 5.91 Å². The maximum atomic E-state index is 13.8. The lowest BCUT2D eigenvalue weighted by atomic mass is 9.94. The summed E-state index contributed by atoms with van der Waals surface area (Å²) in [4.78, 5) is 29.3. The highest BCUT2D eigenvalue weighted by Gasteiger charge is 2.32. The molecule has 0 aliphatic heterocycles. The maximum Gasteiger partial charge on any atom is 0.261 e. The predicted molar refractivity (Wildman–Crippen MR) is 155 cm³/mol. The number of carbonyl (C=O) groups is 2. The molecule has 200 valence electrons. The van der Waals surface area contributed by atoms with Crippen molar-refractivity contribution in [3.05, 3.63) is 99.5 Å². The Hall–Kier alpha value is -3.12. The molecule has 4 rings (SSSR count). The molecule has 2 amide bonds. The number of aryl methyl sites for hydroxylation is 2. The molecule has 0 saturated heterocycles. The van der Waals surface area contributed by atoms with Crippen molar-refractivity contribution in [2.75, 3.05) is 6.61 Å². The smallest absolute Gasteiger partial charge is 0.261 e. The summed E-state index contributed by atoms with van der Waals surface area (Å²) in [5.41, 5.74) is 4.09. The van der Waals surface area contributed by atoms with Crippen LogP contribution in [0.5, 0.6) is 5.75 Å². The Morgan fingerprint density at radius 2 is 1.66 bits per heavy atom. The van der Waals surface area contributed by atoms with E-state index < -0.39 is 6.04 Å². The number of halogens is 1. The van der Waals surface area contributed by atoms with E-state index in [0.717, 1.165) is 52.4 Å². The van der Waals surface area contributed by atoms with Crippen LogP contribution in [0.15, 0.2) is 77.3 Å². The zero-order valence-electron chi connectivity index (χ0n) is 22.3. The molecular formula is C32H37BrN2O3. The van der Waals surface area contributed by atoms with Gasteiger partial charge in [0.05, 0.1) is 0 Å². The summed E-state index contributed by atoms with van der Waals surface area (Å²) in [5.74, 6) is 0.365. The van der Waals surface area contributed by atoms with Crippen LogP contribution in [0.1, 0.15) is 54.4 Å². The molecule has 5 nitrogen and oxygen atoms in total. The highest BCUT2D eigenvalue weighted by Crippen LogP contribution is 2.22. The maximum absolute atomic E-state index is 13.8. The van der Waals surface area contributed by atoms with Crippen LogP contribution in [0, 0.1) is 13.8 Å². The standard InChI is InChI=1S/C32H37BrN2O3/c1-23-13-18-30(24(2)19-23)38-22-31(36)35(21-26-14-16-27(33)17-15-26)29(20-25-9-5-3-6-10-25)32(37)34-28-11-7-4-8-12-28/h3,5-6,9-10,13-19,28-29H,4,7-8,11-12,20-22H2,1-2H3,(H,34,37)/t29-/m1/s1. The predicted octanol–water partition coefficient (Wildman–Crippen LogP) is 6.53. The van der Waals surface area contributed by atoms with Gasteiger partial charge >= 0.3 is 0 Å². The minimum atomic E-state index is -0.654. The van der Waals surface area contributed by atoms with E-state index in [0.29, 0.717) is 18.7 Å². The number of carbonyl (C=O) groups excluding carboxylic acids is 2. The van der Waals surface area contributed by atoms with Gasteiger partial charge in [0.25, 0.3) is 5.91 Å². The second-order valence-corrected chi connectivity index (χ2v) is 11.2. The van der Waals surface area contributed by atoms with Crippen molar-refractivity contribution in [2.24, 2.45) is 0 Å². The Bertz CT molecular complexity index is 1210. The number of hydrogen-bond acceptors (Lipinski definition) is 3. The zero-order valence-corrected chi connectivity index (χ0v) is 23.9. The number of rotatable bonds is 10. The molecule has 0 spiro atoms. The fourth-order valence-electron chi connectivity index (χ4n) is 5.07. The van der Waals surface area contributed by atoms with Crippen molar-refractivity contribution in [1.82, 2.24) is 10.2 Å². The second-order valence-electron chi connectivity index (χ2n) is 10.3. The van der Waals surface area contributed by atoms with Crippen molar-refractivity contribution in [3.8, 4) is 5.75 Å². The van der Waals surface area contributed by atoms with Gasteiger partial charge in [-0.1, -0.05) is 95.4 Å². The number of ether oxygens (including phenoxy) is 1. The van der Waals surface area contributed by atoms with Gasteiger partial charge in [-0.05, 0) is 61.6 Å². The zero-order chi connectivity index (χ0) is 26.9. The fourth-order valence-corrected chi connectivity index (χ4v) is 5.33. The molecule has 0 aromatic heterocycles. The highest BCUT2D eigenvalue weighted by molar-refractivity contribution is 9.10. The Morgan fingerprint density at radius 1 is 0.947 bits per heavy atom. The lowest BCUT2D eigenvalue weighted by molar-refractivity contribution is -0.143. The third kappa shape index (κ3) is 7.94. The average molecular weight is 578 g/mol. The molecule has 1 fully saturated rings. The molecule has 1 aliphatic carbocycles. The molecular weight excluding hydrogens is 540 g/mol. The normalized spacial score (nSPS) is 14.5. The van der Waals surface area contributed by atoms with Gasteiger partial charge in [-0.3, -0.25) is 9.59 Å². The van der Waals surface area contributed by atoms with Gasteiger partial charge in [-0.15, -0.1) is 0 Å². The van der Waals surface area contributed by atoms with Crippen LogP contribution in [0.3, 0.4) is 0 Å². The fraction of sp³-hybridized carbons (Fsp3) is 0.375. The average Bonchev–Trinajstić information content (AvgIpc) is 2.92. The second kappa shape index (κ2) is 13.6. The molecule has 0 heterocycles. The minimum absolute atomic E-state index is 0.0993. The van der Waals surface area contributed by atoms with Crippen molar-refractivity contribution < 1.29 is 14.3 Å². The van der Waals surface area contributed by atoms with E-state index in [4.69, 9.17) is 4.74 Å². The number of benzene rings is 3. The first-order valence-electron chi connectivity index (χ1n) is 13.5. The lowest BCUT2D eigenvalue weighted by Gasteiger charge is -2.33. The van der Waals surface area contributed by atoms with Crippen molar-refractivity contribution in [3.63, 3.8) is 0 Å². The van der Waals surface area contributed by atoms with E-state index in [1.54, 1.807) is 4.90 Å². The van der Waals surface area contributed by atoms with E-state index >= 15 is 0 Å². The van der Waals surface area contributed by atoms with Crippen molar-refractivity contribution in [1.29, 1.82) is 0 Å². The first kappa shape index (κ1) is 27.9. The van der Waals surface area contributed by atoms with E-state index in [-0.39, 0.29) is 24.5 Å². The van der Waals surface area contributed by atoms with E-state index in [1.807, 2.05) is 86.6 Å². The summed E-state index contributed by atoms with van der Waals surface area (Å²) in [6, 6.07) is 23.2. The van der Waals surface area contributed by atoms with E-state index in [9.17, 15) is 9.59 Å². The summed E-state index contributed by atoms with van der Waals surface area (Å²) in [5, 5.41) is 3.28. The number of nitrogens with zero attached hydrogens (tertiary/aromatic N) is 1. The third-order valence-electron chi connectivity index (χ3n) is 7.17. The molecule has 38 heavy (non-hydrogen) atoms. The molecule has 0 bridgehead atoms. The summed E-state index contributed by atoms with van der Waals surface area (Å²) in [6.07, 6.45) is 5.87. The first-order chi connectivity index (χ1) is 18.4. The lowest BCUT2D eigenvalue weighted by Crippen LogP contribution is -2.53. The molecule has 1 aliphatic rings. The monoisotopic (exact) mass is 576 g/mol. The van der Waals surface area contributed by atoms with Crippen LogP contribution in [-0.4, -0.2) is 35.4 Å². The molecule has 6 heteroatoms. The molecule has 1 atom stereocenters. The Morgan fingerprint density at radius 3 is 2.34 bits per heavy atom. The molecule has 3 aromatic rings. The van der Waals surface area contributed by atoms with Crippen LogP contribution >= 0.6 is 15.9 Å². The van der Waals surface area contributed by atoms with Crippen LogP contribution in [0.25, 0.3) is 0 Å². The van der Waals surface area contributed by atoms with Gasteiger partial charge in [-0.25, -0.2) is 0 Å². The molecule has 0 radical (unpaired) electrons. The van der Waals surface area contributed by atoms with Crippen molar-refractivity contribution in [2.45, 2.75) is 71.0 Å². The number of hydrogen-bond donors (Lipinski definition) is 1. The highest BCUT2D eigenvalue weighted by atomic mass is 79.9. The Balaban J connectivity index is 1.61. The molecule has 1 N–H and O–H groups in total. The Kier molecular flexibility index (Phi) is 9.99. The van der Waals surface area contributed by atoms with Gasteiger partial charge < -0.3 is 15.0 Å². The minimum Gasteiger partial charge on any atom is -0.483 e.